The fourth-order valence-electron chi connectivity index (χ4n) is 0. The first kappa shape index (κ1) is 15.8. The molecule has 2 radical (unpaired) electrons. The normalized spacial score (nSPS) is 5.29. The zero-order valence-electron chi connectivity index (χ0n) is 5.06. The Balaban J connectivity index is -0.0000000800. The van der Waals surface area contributed by atoms with Gasteiger partial charge >= 0.3 is 5.97 Å². The van der Waals surface area contributed by atoms with Crippen LogP contribution in [0.4, 0.5) is 0 Å². The van der Waals surface area contributed by atoms with Gasteiger partial charge in [-0.3, -0.25) is 4.79 Å². The summed E-state index contributed by atoms with van der Waals surface area (Å²) in [6.45, 7) is 1.60. The molecule has 0 saturated heterocycles. The van der Waals surface area contributed by atoms with Crippen LogP contribution in [0.2, 0.25) is 0 Å². The smallest absolute Gasteiger partial charge is 0.303 e. The van der Waals surface area contributed by atoms with Crippen molar-refractivity contribution in [1.82, 2.24) is 0 Å². The second kappa shape index (κ2) is 10.5. The van der Waals surface area contributed by atoms with E-state index < -0.39 is 5.97 Å². The van der Waals surface area contributed by atoms with Gasteiger partial charge in [-0.1, -0.05) is 6.92 Å². The van der Waals surface area contributed by atoms with Crippen LogP contribution >= 0.6 is 0 Å². The predicted molar refractivity (Wildman–Crippen MR) is 29.4 cm³/mol. The van der Waals surface area contributed by atoms with Gasteiger partial charge in [-0.05, 0) is 0 Å². The van der Waals surface area contributed by atoms with Crippen molar-refractivity contribution >= 4 is 65.1 Å². The van der Waals surface area contributed by atoms with Crippen LogP contribution < -0.4 is 0 Å². The maximum absolute atomic E-state index is 9.37. The minimum absolute atomic E-state index is 0. The molecule has 7 heavy (non-hydrogen) atoms. The van der Waals surface area contributed by atoms with Gasteiger partial charge in [-0.2, -0.15) is 0 Å². The van der Waals surface area contributed by atoms with E-state index in [9.17, 15) is 4.79 Å². The third-order valence-corrected chi connectivity index (χ3v) is 0.302. The molecule has 0 amide bonds. The van der Waals surface area contributed by atoms with Crippen LogP contribution in [0.1, 0.15) is 13.3 Å². The number of hydrogen-bond acceptors (Lipinski definition) is 1. The molecule has 0 unspecified atom stereocenters. The van der Waals surface area contributed by atoms with Crippen LogP contribution in [0.3, 0.4) is 0 Å². The van der Waals surface area contributed by atoms with E-state index in [-0.39, 0.29) is 65.5 Å². The molecule has 0 fully saturated rings. The van der Waals surface area contributed by atoms with E-state index in [1.165, 1.54) is 0 Å². The number of aliphatic carboxylic acids is 1. The summed E-state index contributed by atoms with van der Waals surface area (Å²) < 4.78 is 0. The quantitative estimate of drug-likeness (QED) is 0.483. The van der Waals surface area contributed by atoms with Gasteiger partial charge in [-0.15, -0.1) is 0 Å². The largest absolute Gasteiger partial charge is 0.481 e. The summed E-state index contributed by atoms with van der Waals surface area (Å²) in [7, 11) is 0. The summed E-state index contributed by atoms with van der Waals surface area (Å²) in [4.78, 5) is 9.37. The molecule has 1 N–H and O–H groups in total. The van der Waals surface area contributed by atoms with Gasteiger partial charge in [0.15, 0.2) is 0 Å². The molecule has 0 aromatic carbocycles. The minimum Gasteiger partial charge on any atom is -0.481 e. The Morgan fingerprint density at radius 3 is 1.71 bits per heavy atom. The van der Waals surface area contributed by atoms with Crippen molar-refractivity contribution < 1.29 is 9.90 Å². The van der Waals surface area contributed by atoms with Crippen molar-refractivity contribution in [3.8, 4) is 0 Å². The van der Waals surface area contributed by atoms with Gasteiger partial charge in [-0.25, -0.2) is 0 Å². The summed E-state index contributed by atoms with van der Waals surface area (Å²) >= 11 is 0. The molecule has 0 aliphatic heterocycles. The molecule has 0 aliphatic carbocycles. The van der Waals surface area contributed by atoms with Gasteiger partial charge < -0.3 is 5.11 Å². The zero-order chi connectivity index (χ0) is 4.28. The summed E-state index contributed by atoms with van der Waals surface area (Å²) in [5, 5.41) is 7.72. The summed E-state index contributed by atoms with van der Waals surface area (Å²) in [5.74, 6) is -0.745. The van der Waals surface area contributed by atoms with Gasteiger partial charge in [0.1, 0.15) is 0 Å². The average molecular weight is 120 g/mol. The maximum atomic E-state index is 9.37. The molecule has 0 aromatic heterocycles. The van der Waals surface area contributed by atoms with E-state index in [4.69, 9.17) is 5.11 Å². The molecule has 2 nitrogen and oxygen atoms in total. The molecule has 4 heteroatoms. The van der Waals surface area contributed by atoms with Crippen molar-refractivity contribution in [2.45, 2.75) is 13.3 Å². The molecule has 0 bridgehead atoms. The van der Waals surface area contributed by atoms with Crippen LogP contribution in [0.15, 0.2) is 0 Å². The molecule has 0 aliphatic rings. The standard InChI is InChI=1S/C3H6O2.2Na/c1-2-3(4)5;;/h2H2,1H3,(H,4,5);;. The van der Waals surface area contributed by atoms with E-state index in [2.05, 4.69) is 0 Å². The van der Waals surface area contributed by atoms with Crippen LogP contribution in [0.5, 0.6) is 0 Å². The number of carbonyl (C=O) groups is 1. The topological polar surface area (TPSA) is 37.3 Å². The Morgan fingerprint density at radius 1 is 1.57 bits per heavy atom. The number of carboxylic acids is 1. The number of hydrogen-bond donors (Lipinski definition) is 1. The SMILES string of the molecule is CCC(=O)O.[Na].[Na]. The monoisotopic (exact) mass is 120 g/mol. The van der Waals surface area contributed by atoms with Crippen molar-refractivity contribution in [3.05, 3.63) is 0 Å². The van der Waals surface area contributed by atoms with Crippen molar-refractivity contribution in [2.24, 2.45) is 0 Å². The molecular weight excluding hydrogens is 114 g/mol. The maximum Gasteiger partial charge on any atom is 0.303 e. The Hall–Kier alpha value is 1.47. The Labute approximate surface area is 87.3 Å². The van der Waals surface area contributed by atoms with Gasteiger partial charge in [0, 0.05) is 65.5 Å². The van der Waals surface area contributed by atoms with Crippen molar-refractivity contribution in [2.75, 3.05) is 0 Å². The van der Waals surface area contributed by atoms with Crippen LogP contribution in [0.25, 0.3) is 0 Å². The Bertz CT molecular complexity index is 46.2. The molecule has 0 heterocycles. The van der Waals surface area contributed by atoms with Gasteiger partial charge in [0.05, 0.1) is 0 Å². The summed E-state index contributed by atoms with van der Waals surface area (Å²) in [6, 6.07) is 0. The van der Waals surface area contributed by atoms with Gasteiger partial charge in [0.2, 0.25) is 0 Å². The second-order valence-corrected chi connectivity index (χ2v) is 0.747. The Morgan fingerprint density at radius 2 is 1.71 bits per heavy atom. The van der Waals surface area contributed by atoms with Crippen LogP contribution in [-0.4, -0.2) is 70.2 Å². The second-order valence-electron chi connectivity index (χ2n) is 0.747. The number of rotatable bonds is 1. The van der Waals surface area contributed by atoms with E-state index in [1.807, 2.05) is 0 Å². The molecule has 0 spiro atoms. The van der Waals surface area contributed by atoms with E-state index in [0.29, 0.717) is 0 Å². The summed E-state index contributed by atoms with van der Waals surface area (Å²) in [6.07, 6.45) is 0.222. The molecule has 0 rings (SSSR count). The predicted octanol–water partition coefficient (Wildman–Crippen LogP) is -0.281. The molecule has 0 aromatic rings. The Kier molecular flexibility index (Phi) is 23.6. The fourth-order valence-corrected chi connectivity index (χ4v) is 0. The average Bonchev–Trinajstić information content (AvgIpc) is 1.38. The van der Waals surface area contributed by atoms with E-state index in [0.717, 1.165) is 0 Å². The molecule has 0 atom stereocenters. The fraction of sp³-hybridized carbons (Fsp3) is 0.667. The molecular formula is C3H6Na2O2. The molecule has 0 saturated carbocycles. The van der Waals surface area contributed by atoms with E-state index >= 15 is 0 Å². The third-order valence-electron chi connectivity index (χ3n) is 0.302. The molecule has 32 valence electrons. The first-order chi connectivity index (χ1) is 2.27. The number of carboxylic acid groups (broad SMARTS) is 1. The van der Waals surface area contributed by atoms with Crippen molar-refractivity contribution in [3.63, 3.8) is 0 Å². The van der Waals surface area contributed by atoms with Crippen molar-refractivity contribution in [1.29, 1.82) is 0 Å². The first-order valence-corrected chi connectivity index (χ1v) is 1.49. The van der Waals surface area contributed by atoms with E-state index in [1.54, 1.807) is 6.92 Å². The zero-order valence-corrected chi connectivity index (χ0v) is 9.06. The van der Waals surface area contributed by atoms with Crippen LogP contribution in [-0.2, 0) is 4.79 Å². The third kappa shape index (κ3) is 18.6. The van der Waals surface area contributed by atoms with Crippen LogP contribution in [0, 0.1) is 0 Å². The van der Waals surface area contributed by atoms with Gasteiger partial charge in [0.25, 0.3) is 0 Å². The first-order valence-electron chi connectivity index (χ1n) is 1.49. The minimum atomic E-state index is -0.745. The summed E-state index contributed by atoms with van der Waals surface area (Å²) in [5.41, 5.74) is 0.